The van der Waals surface area contributed by atoms with Gasteiger partial charge in [0.15, 0.2) is 11.5 Å². The molecule has 90 valence electrons. The summed E-state index contributed by atoms with van der Waals surface area (Å²) >= 11 is 6.09. The average molecular weight is 244 g/mol. The summed E-state index contributed by atoms with van der Waals surface area (Å²) < 4.78 is 10.4. The van der Waals surface area contributed by atoms with Crippen LogP contribution in [0.4, 0.5) is 0 Å². The molecule has 0 saturated heterocycles. The van der Waals surface area contributed by atoms with Crippen molar-refractivity contribution in [2.75, 3.05) is 14.2 Å². The number of benzene rings is 1. The number of ether oxygens (including phenoxy) is 2. The lowest BCUT2D eigenvalue weighted by Crippen LogP contribution is -2.15. The summed E-state index contributed by atoms with van der Waals surface area (Å²) in [5.41, 5.74) is 6.83. The van der Waals surface area contributed by atoms with Gasteiger partial charge in [-0.1, -0.05) is 11.6 Å². The van der Waals surface area contributed by atoms with Crippen molar-refractivity contribution in [1.29, 1.82) is 0 Å². The fourth-order valence-electron chi connectivity index (χ4n) is 1.51. The minimum Gasteiger partial charge on any atom is -0.493 e. The third-order valence-electron chi connectivity index (χ3n) is 2.38. The molecule has 0 saturated carbocycles. The molecule has 0 aliphatic heterocycles. The number of halogens is 1. The number of hydrogen-bond donors (Lipinski definition) is 1. The summed E-state index contributed by atoms with van der Waals surface area (Å²) in [5, 5.41) is 0.571. The van der Waals surface area contributed by atoms with Crippen molar-refractivity contribution in [3.05, 3.63) is 22.7 Å². The molecule has 3 nitrogen and oxygen atoms in total. The van der Waals surface area contributed by atoms with Crippen LogP contribution in [0.25, 0.3) is 0 Å². The molecule has 0 radical (unpaired) electrons. The Morgan fingerprint density at radius 2 is 2.00 bits per heavy atom. The molecular formula is C12H18ClNO2. The van der Waals surface area contributed by atoms with Crippen LogP contribution in [0, 0.1) is 0 Å². The maximum atomic E-state index is 6.09. The molecule has 1 atom stereocenters. The Hall–Kier alpha value is -0.930. The van der Waals surface area contributed by atoms with Crippen LogP contribution in [-0.2, 0) is 6.42 Å². The molecule has 1 aromatic rings. The van der Waals surface area contributed by atoms with E-state index in [9.17, 15) is 0 Å². The van der Waals surface area contributed by atoms with E-state index >= 15 is 0 Å². The van der Waals surface area contributed by atoms with E-state index in [2.05, 4.69) is 0 Å². The molecule has 0 aliphatic carbocycles. The van der Waals surface area contributed by atoms with Gasteiger partial charge in [-0.25, -0.2) is 0 Å². The summed E-state index contributed by atoms with van der Waals surface area (Å²) in [7, 11) is 3.18. The van der Waals surface area contributed by atoms with Crippen LogP contribution < -0.4 is 15.2 Å². The Balaban J connectivity index is 2.92. The predicted octanol–water partition coefficient (Wildman–Crippen LogP) is 2.64. The van der Waals surface area contributed by atoms with Crippen molar-refractivity contribution in [3.8, 4) is 11.5 Å². The Labute approximate surface area is 101 Å². The first-order chi connectivity index (χ1) is 7.58. The van der Waals surface area contributed by atoms with E-state index < -0.39 is 0 Å². The number of nitrogens with two attached hydrogens (primary N) is 1. The van der Waals surface area contributed by atoms with Gasteiger partial charge in [0.05, 0.1) is 19.2 Å². The smallest absolute Gasteiger partial charge is 0.179 e. The highest BCUT2D eigenvalue weighted by molar-refractivity contribution is 6.32. The van der Waals surface area contributed by atoms with Gasteiger partial charge in [0.2, 0.25) is 0 Å². The Morgan fingerprint density at radius 3 is 2.50 bits per heavy atom. The fraction of sp³-hybridized carbons (Fsp3) is 0.500. The van der Waals surface area contributed by atoms with Gasteiger partial charge in [0.1, 0.15) is 0 Å². The number of rotatable bonds is 5. The Bertz CT molecular complexity index is 353. The van der Waals surface area contributed by atoms with Gasteiger partial charge in [0.25, 0.3) is 0 Å². The van der Waals surface area contributed by atoms with Gasteiger partial charge >= 0.3 is 0 Å². The summed E-state index contributed by atoms with van der Waals surface area (Å²) in [6.45, 7) is 1.99. The van der Waals surface area contributed by atoms with Crippen molar-refractivity contribution >= 4 is 11.6 Å². The Morgan fingerprint density at radius 1 is 1.31 bits per heavy atom. The Kier molecular flexibility index (Phi) is 4.90. The maximum absolute atomic E-state index is 6.09. The second-order valence-corrected chi connectivity index (χ2v) is 4.24. The normalized spacial score (nSPS) is 12.3. The molecule has 0 fully saturated rings. The lowest BCUT2D eigenvalue weighted by atomic mass is 10.1. The second-order valence-electron chi connectivity index (χ2n) is 3.83. The lowest BCUT2D eigenvalue weighted by Gasteiger charge is -2.12. The van der Waals surface area contributed by atoms with Crippen LogP contribution in [0.5, 0.6) is 11.5 Å². The van der Waals surface area contributed by atoms with Gasteiger partial charge < -0.3 is 15.2 Å². The van der Waals surface area contributed by atoms with E-state index in [4.69, 9.17) is 26.8 Å². The van der Waals surface area contributed by atoms with E-state index in [1.807, 2.05) is 19.1 Å². The highest BCUT2D eigenvalue weighted by Gasteiger charge is 2.10. The maximum Gasteiger partial charge on any atom is 0.179 e. The summed E-state index contributed by atoms with van der Waals surface area (Å²) in [6.07, 6.45) is 1.81. The molecule has 1 unspecified atom stereocenters. The molecule has 0 aliphatic rings. The highest BCUT2D eigenvalue weighted by Crippen LogP contribution is 2.36. The minimum absolute atomic E-state index is 0.187. The molecule has 0 amide bonds. The number of aryl methyl sites for hydroxylation is 1. The highest BCUT2D eigenvalue weighted by atomic mass is 35.5. The monoisotopic (exact) mass is 243 g/mol. The predicted molar refractivity (Wildman–Crippen MR) is 66.5 cm³/mol. The fourth-order valence-corrected chi connectivity index (χ4v) is 1.82. The van der Waals surface area contributed by atoms with Crippen LogP contribution in [0.3, 0.4) is 0 Å². The zero-order chi connectivity index (χ0) is 12.1. The lowest BCUT2D eigenvalue weighted by molar-refractivity contribution is 0.354. The molecular weight excluding hydrogens is 226 g/mol. The van der Waals surface area contributed by atoms with Gasteiger partial charge in [0, 0.05) is 6.04 Å². The van der Waals surface area contributed by atoms with Gasteiger partial charge in [-0.05, 0) is 37.5 Å². The first-order valence-corrected chi connectivity index (χ1v) is 5.62. The summed E-state index contributed by atoms with van der Waals surface area (Å²) in [4.78, 5) is 0. The molecule has 0 spiro atoms. The summed E-state index contributed by atoms with van der Waals surface area (Å²) in [6, 6.07) is 4.02. The zero-order valence-electron chi connectivity index (χ0n) is 9.92. The quantitative estimate of drug-likeness (QED) is 0.865. The third kappa shape index (κ3) is 3.29. The largest absolute Gasteiger partial charge is 0.493 e. The zero-order valence-corrected chi connectivity index (χ0v) is 10.7. The van der Waals surface area contributed by atoms with Crippen molar-refractivity contribution < 1.29 is 9.47 Å². The first kappa shape index (κ1) is 13.1. The molecule has 0 aromatic heterocycles. The molecule has 0 heterocycles. The third-order valence-corrected chi connectivity index (χ3v) is 2.66. The van der Waals surface area contributed by atoms with Crippen LogP contribution in [0.1, 0.15) is 18.9 Å². The van der Waals surface area contributed by atoms with Crippen molar-refractivity contribution in [1.82, 2.24) is 0 Å². The topological polar surface area (TPSA) is 44.5 Å². The standard InChI is InChI=1S/C12H18ClNO2/c1-8(14)4-5-9-6-10(13)12(16-3)11(7-9)15-2/h6-8H,4-5,14H2,1-3H3. The van der Waals surface area contributed by atoms with Crippen molar-refractivity contribution in [3.63, 3.8) is 0 Å². The van der Waals surface area contributed by atoms with E-state index in [0.29, 0.717) is 16.5 Å². The minimum atomic E-state index is 0.187. The van der Waals surface area contributed by atoms with Crippen LogP contribution in [0.15, 0.2) is 12.1 Å². The van der Waals surface area contributed by atoms with Crippen LogP contribution in [-0.4, -0.2) is 20.3 Å². The molecule has 2 N–H and O–H groups in total. The molecule has 16 heavy (non-hydrogen) atoms. The van der Waals surface area contributed by atoms with Crippen molar-refractivity contribution in [2.45, 2.75) is 25.8 Å². The van der Waals surface area contributed by atoms with E-state index in [0.717, 1.165) is 18.4 Å². The van der Waals surface area contributed by atoms with Crippen LogP contribution >= 0.6 is 11.6 Å². The van der Waals surface area contributed by atoms with E-state index in [-0.39, 0.29) is 6.04 Å². The number of hydrogen-bond acceptors (Lipinski definition) is 3. The summed E-state index contributed by atoms with van der Waals surface area (Å²) in [5.74, 6) is 1.24. The molecule has 1 aromatic carbocycles. The molecule has 0 bridgehead atoms. The van der Waals surface area contributed by atoms with Crippen molar-refractivity contribution in [2.24, 2.45) is 5.73 Å². The van der Waals surface area contributed by atoms with E-state index in [1.54, 1.807) is 14.2 Å². The second kappa shape index (κ2) is 5.97. The number of methoxy groups -OCH3 is 2. The molecule has 4 heteroatoms. The SMILES string of the molecule is COc1cc(CCC(C)N)cc(Cl)c1OC. The molecule has 1 rings (SSSR count). The van der Waals surface area contributed by atoms with Gasteiger partial charge in [-0.15, -0.1) is 0 Å². The average Bonchev–Trinajstić information content (AvgIpc) is 2.25. The van der Waals surface area contributed by atoms with Crippen LogP contribution in [0.2, 0.25) is 5.02 Å². The van der Waals surface area contributed by atoms with Gasteiger partial charge in [-0.3, -0.25) is 0 Å². The van der Waals surface area contributed by atoms with E-state index in [1.165, 1.54) is 0 Å². The van der Waals surface area contributed by atoms with Gasteiger partial charge in [-0.2, -0.15) is 0 Å². The first-order valence-electron chi connectivity index (χ1n) is 5.24.